The number of carbonyl (C=O) groups excluding carboxylic acids is 2. The van der Waals surface area contributed by atoms with Gasteiger partial charge >= 0.3 is 6.03 Å². The quantitative estimate of drug-likeness (QED) is 0.886. The topological polar surface area (TPSA) is 61.4 Å². The van der Waals surface area contributed by atoms with Crippen molar-refractivity contribution < 1.29 is 9.59 Å². The molecule has 1 aromatic carbocycles. The van der Waals surface area contributed by atoms with Gasteiger partial charge in [0.05, 0.1) is 0 Å². The first-order valence-corrected chi connectivity index (χ1v) is 7.04. The maximum Gasteiger partial charge on any atom is 0.322 e. The Morgan fingerprint density at radius 1 is 1.40 bits per heavy atom. The van der Waals surface area contributed by atoms with Crippen molar-refractivity contribution in [2.75, 3.05) is 18.9 Å². The maximum atomic E-state index is 12.3. The Morgan fingerprint density at radius 2 is 2.20 bits per heavy atom. The van der Waals surface area contributed by atoms with Crippen LogP contribution in [0, 0.1) is 0 Å². The first kappa shape index (κ1) is 14.4. The molecule has 0 aliphatic carbocycles. The lowest BCUT2D eigenvalue weighted by molar-refractivity contribution is -0.124. The average Bonchev–Trinajstić information content (AvgIpc) is 2.96. The molecule has 5 nitrogen and oxygen atoms in total. The van der Waals surface area contributed by atoms with Gasteiger partial charge in [-0.3, -0.25) is 4.79 Å². The van der Waals surface area contributed by atoms with E-state index in [2.05, 4.69) is 17.6 Å². The molecule has 1 aromatic rings. The van der Waals surface area contributed by atoms with Gasteiger partial charge in [0, 0.05) is 19.3 Å². The number of likely N-dealkylation sites (N-methyl/N-ethyl adjacent to an activating group) is 1. The Morgan fingerprint density at radius 3 is 2.90 bits per heavy atom. The smallest absolute Gasteiger partial charge is 0.322 e. The van der Waals surface area contributed by atoms with Crippen LogP contribution in [0.3, 0.4) is 0 Å². The van der Waals surface area contributed by atoms with Crippen LogP contribution in [-0.2, 0) is 11.2 Å². The van der Waals surface area contributed by atoms with Gasteiger partial charge in [0.25, 0.3) is 0 Å². The number of likely N-dealkylation sites (tertiary alicyclic amines) is 1. The number of rotatable bonds is 3. The molecule has 5 heteroatoms. The van der Waals surface area contributed by atoms with Crippen LogP contribution in [0.25, 0.3) is 0 Å². The lowest BCUT2D eigenvalue weighted by atomic mass is 10.1. The summed E-state index contributed by atoms with van der Waals surface area (Å²) in [6, 6.07) is 7.22. The molecular weight excluding hydrogens is 254 g/mol. The van der Waals surface area contributed by atoms with Crippen LogP contribution in [-0.4, -0.2) is 36.5 Å². The van der Waals surface area contributed by atoms with E-state index in [9.17, 15) is 9.59 Å². The third kappa shape index (κ3) is 3.10. The van der Waals surface area contributed by atoms with E-state index in [0.29, 0.717) is 6.54 Å². The highest BCUT2D eigenvalue weighted by atomic mass is 16.2. The van der Waals surface area contributed by atoms with Crippen molar-refractivity contribution in [3.63, 3.8) is 0 Å². The zero-order valence-electron chi connectivity index (χ0n) is 12.0. The van der Waals surface area contributed by atoms with E-state index in [4.69, 9.17) is 0 Å². The minimum Gasteiger partial charge on any atom is -0.357 e. The largest absolute Gasteiger partial charge is 0.357 e. The first-order valence-electron chi connectivity index (χ1n) is 7.04. The molecule has 0 spiro atoms. The van der Waals surface area contributed by atoms with E-state index in [0.717, 1.165) is 24.9 Å². The van der Waals surface area contributed by atoms with Crippen molar-refractivity contribution in [2.45, 2.75) is 32.2 Å². The molecule has 1 aliphatic rings. The number of nitrogens with zero attached hydrogens (tertiary/aromatic N) is 1. The van der Waals surface area contributed by atoms with Gasteiger partial charge in [-0.15, -0.1) is 0 Å². The third-order valence-corrected chi connectivity index (χ3v) is 3.65. The summed E-state index contributed by atoms with van der Waals surface area (Å²) in [5.41, 5.74) is 1.95. The Hall–Kier alpha value is -2.04. The molecule has 0 saturated carbocycles. The highest BCUT2D eigenvalue weighted by Crippen LogP contribution is 2.19. The number of aryl methyl sites for hydroxylation is 1. The minimum absolute atomic E-state index is 0.0973. The summed E-state index contributed by atoms with van der Waals surface area (Å²) in [6.07, 6.45) is 2.51. The van der Waals surface area contributed by atoms with Crippen LogP contribution in [0.1, 0.15) is 25.3 Å². The standard InChI is InChI=1S/C15H21N3O2/c1-3-11-6-4-7-12(10-11)17-15(20)18-9-5-8-13(18)14(19)16-2/h4,6-7,10,13H,3,5,8-9H2,1-2H3,(H,16,19)(H,17,20)/t13-/m1/s1. The van der Waals surface area contributed by atoms with Gasteiger partial charge in [0.15, 0.2) is 0 Å². The molecule has 3 amide bonds. The number of hydrogen-bond acceptors (Lipinski definition) is 2. The van der Waals surface area contributed by atoms with E-state index in [1.165, 1.54) is 5.56 Å². The number of amides is 3. The van der Waals surface area contributed by atoms with Crippen LogP contribution in [0.2, 0.25) is 0 Å². The Kier molecular flexibility index (Phi) is 4.61. The number of anilines is 1. The number of benzene rings is 1. The second-order valence-electron chi connectivity index (χ2n) is 4.95. The van der Waals surface area contributed by atoms with Gasteiger partial charge in [-0.25, -0.2) is 4.79 Å². The monoisotopic (exact) mass is 275 g/mol. The predicted octanol–water partition coefficient (Wildman–Crippen LogP) is 1.99. The Bertz CT molecular complexity index is 502. The van der Waals surface area contributed by atoms with E-state index >= 15 is 0 Å². The molecule has 20 heavy (non-hydrogen) atoms. The summed E-state index contributed by atoms with van der Waals surface area (Å²) in [5.74, 6) is -0.0973. The molecule has 0 radical (unpaired) electrons. The normalized spacial score (nSPS) is 17.9. The van der Waals surface area contributed by atoms with Gasteiger partial charge in [0.2, 0.25) is 5.91 Å². The van der Waals surface area contributed by atoms with Crippen LogP contribution in [0.15, 0.2) is 24.3 Å². The molecule has 2 rings (SSSR count). The maximum absolute atomic E-state index is 12.3. The molecule has 1 aliphatic heterocycles. The van der Waals surface area contributed by atoms with Gasteiger partial charge < -0.3 is 15.5 Å². The second kappa shape index (κ2) is 6.41. The predicted molar refractivity (Wildman–Crippen MR) is 78.6 cm³/mol. The van der Waals surface area contributed by atoms with Crippen molar-refractivity contribution in [3.8, 4) is 0 Å². The molecule has 2 N–H and O–H groups in total. The molecular formula is C15H21N3O2. The molecule has 0 bridgehead atoms. The molecule has 0 unspecified atom stereocenters. The van der Waals surface area contributed by atoms with Crippen molar-refractivity contribution in [1.29, 1.82) is 0 Å². The van der Waals surface area contributed by atoms with E-state index < -0.39 is 0 Å². The molecule has 0 aromatic heterocycles. The molecule has 1 fully saturated rings. The lowest BCUT2D eigenvalue weighted by Crippen LogP contribution is -2.46. The van der Waals surface area contributed by atoms with E-state index in [1.54, 1.807) is 11.9 Å². The molecule has 1 atom stereocenters. The SMILES string of the molecule is CCc1cccc(NC(=O)N2CCC[C@@H]2C(=O)NC)c1. The van der Waals surface area contributed by atoms with Gasteiger partial charge in [0.1, 0.15) is 6.04 Å². The molecule has 1 heterocycles. The van der Waals surface area contributed by atoms with Crippen LogP contribution in [0.5, 0.6) is 0 Å². The lowest BCUT2D eigenvalue weighted by Gasteiger charge is -2.23. The first-order chi connectivity index (χ1) is 9.65. The minimum atomic E-state index is -0.352. The molecule has 108 valence electrons. The highest BCUT2D eigenvalue weighted by Gasteiger charge is 2.33. The van der Waals surface area contributed by atoms with Crippen LogP contribution < -0.4 is 10.6 Å². The summed E-state index contributed by atoms with van der Waals surface area (Å²) < 4.78 is 0. The summed E-state index contributed by atoms with van der Waals surface area (Å²) in [7, 11) is 1.60. The summed E-state index contributed by atoms with van der Waals surface area (Å²) >= 11 is 0. The summed E-state index contributed by atoms with van der Waals surface area (Å²) in [6.45, 7) is 2.69. The Labute approximate surface area is 119 Å². The number of hydrogen-bond donors (Lipinski definition) is 2. The zero-order valence-corrected chi connectivity index (χ0v) is 12.0. The van der Waals surface area contributed by atoms with Crippen molar-refractivity contribution >= 4 is 17.6 Å². The van der Waals surface area contributed by atoms with Gasteiger partial charge in [-0.05, 0) is 37.0 Å². The number of carbonyl (C=O) groups is 2. The zero-order chi connectivity index (χ0) is 14.5. The fourth-order valence-electron chi connectivity index (χ4n) is 2.51. The number of urea groups is 1. The van der Waals surface area contributed by atoms with Crippen molar-refractivity contribution in [1.82, 2.24) is 10.2 Å². The van der Waals surface area contributed by atoms with Crippen LogP contribution in [0.4, 0.5) is 10.5 Å². The van der Waals surface area contributed by atoms with E-state index in [-0.39, 0.29) is 18.0 Å². The van der Waals surface area contributed by atoms with Crippen LogP contribution >= 0.6 is 0 Å². The third-order valence-electron chi connectivity index (χ3n) is 3.65. The summed E-state index contributed by atoms with van der Waals surface area (Å²) in [5, 5.41) is 5.49. The Balaban J connectivity index is 2.05. The van der Waals surface area contributed by atoms with E-state index in [1.807, 2.05) is 24.3 Å². The number of nitrogens with one attached hydrogen (secondary N) is 2. The fourth-order valence-corrected chi connectivity index (χ4v) is 2.51. The van der Waals surface area contributed by atoms with Gasteiger partial charge in [-0.2, -0.15) is 0 Å². The van der Waals surface area contributed by atoms with Gasteiger partial charge in [-0.1, -0.05) is 19.1 Å². The fraction of sp³-hybridized carbons (Fsp3) is 0.467. The van der Waals surface area contributed by atoms with Crippen molar-refractivity contribution in [3.05, 3.63) is 29.8 Å². The van der Waals surface area contributed by atoms with Crippen molar-refractivity contribution in [2.24, 2.45) is 0 Å². The average molecular weight is 275 g/mol. The summed E-state index contributed by atoms with van der Waals surface area (Å²) in [4.78, 5) is 25.6. The highest BCUT2D eigenvalue weighted by molar-refractivity contribution is 5.94. The molecule has 1 saturated heterocycles. The second-order valence-corrected chi connectivity index (χ2v) is 4.95.